The Morgan fingerprint density at radius 3 is 2.39 bits per heavy atom. The van der Waals surface area contributed by atoms with E-state index in [9.17, 15) is 4.79 Å². The van der Waals surface area contributed by atoms with Crippen molar-refractivity contribution in [3.63, 3.8) is 0 Å². The van der Waals surface area contributed by atoms with Crippen molar-refractivity contribution in [2.24, 2.45) is 0 Å². The number of amides is 1. The molecule has 28 heavy (non-hydrogen) atoms. The first-order valence-corrected chi connectivity index (χ1v) is 9.52. The van der Waals surface area contributed by atoms with Crippen LogP contribution in [-0.4, -0.2) is 46.9 Å². The number of hydrogen-bond donors (Lipinski definition) is 0. The van der Waals surface area contributed by atoms with Crippen molar-refractivity contribution in [3.8, 4) is 11.5 Å². The molecule has 2 aromatic carbocycles. The summed E-state index contributed by atoms with van der Waals surface area (Å²) in [6, 6.07) is 21.0. The van der Waals surface area contributed by atoms with Gasteiger partial charge in [0.1, 0.15) is 11.5 Å². The number of hydrogen-bond acceptors (Lipinski definition) is 4. The van der Waals surface area contributed by atoms with Crippen LogP contribution in [0.1, 0.15) is 15.9 Å². The smallest absolute Gasteiger partial charge is 0.257 e. The second kappa shape index (κ2) is 8.67. The fourth-order valence-corrected chi connectivity index (χ4v) is 3.38. The average molecular weight is 373 g/mol. The number of benzene rings is 2. The molecule has 1 aromatic heterocycles. The number of carbonyl (C=O) groups is 1. The molecule has 5 nitrogen and oxygen atoms in total. The number of aromatic nitrogens is 1. The van der Waals surface area contributed by atoms with Gasteiger partial charge >= 0.3 is 0 Å². The first-order chi connectivity index (χ1) is 13.8. The molecule has 0 aliphatic carbocycles. The summed E-state index contributed by atoms with van der Waals surface area (Å²) in [4.78, 5) is 21.5. The molecule has 0 unspecified atom stereocenters. The molecule has 5 heteroatoms. The Bertz CT molecular complexity index is 907. The quantitative estimate of drug-likeness (QED) is 0.682. The lowest BCUT2D eigenvalue weighted by molar-refractivity contribution is 0.0626. The number of nitrogens with zero attached hydrogens (tertiary/aromatic N) is 3. The summed E-state index contributed by atoms with van der Waals surface area (Å²) in [5.74, 6) is 1.34. The summed E-state index contributed by atoms with van der Waals surface area (Å²) < 4.78 is 5.96. The molecule has 1 amide bonds. The van der Waals surface area contributed by atoms with E-state index in [0.29, 0.717) is 24.4 Å². The van der Waals surface area contributed by atoms with Gasteiger partial charge in [0.25, 0.3) is 5.91 Å². The molecule has 2 heterocycles. The van der Waals surface area contributed by atoms with E-state index in [0.717, 1.165) is 25.4 Å². The summed E-state index contributed by atoms with van der Waals surface area (Å²) in [5.41, 5.74) is 1.80. The summed E-state index contributed by atoms with van der Waals surface area (Å²) in [6.07, 6.45) is 3.68. The van der Waals surface area contributed by atoms with Crippen molar-refractivity contribution in [3.05, 3.63) is 90.3 Å². The van der Waals surface area contributed by atoms with E-state index in [1.165, 1.54) is 5.56 Å². The van der Waals surface area contributed by atoms with Gasteiger partial charge in [-0.3, -0.25) is 14.7 Å². The maximum absolute atomic E-state index is 13.1. The zero-order chi connectivity index (χ0) is 19.2. The Hall–Kier alpha value is -3.18. The molecule has 1 saturated heterocycles. The molecule has 1 aliphatic heterocycles. The lowest BCUT2D eigenvalue weighted by atomic mass is 10.1. The fraction of sp³-hybridized carbons (Fsp3) is 0.217. The summed E-state index contributed by atoms with van der Waals surface area (Å²) in [6.45, 7) is 3.98. The van der Waals surface area contributed by atoms with Crippen LogP contribution >= 0.6 is 0 Å². The SMILES string of the molecule is O=C(c1ccccc1Oc1ccccc1)N1CCN(Cc2cccnc2)CC1. The van der Waals surface area contributed by atoms with E-state index in [2.05, 4.69) is 16.0 Å². The van der Waals surface area contributed by atoms with E-state index >= 15 is 0 Å². The van der Waals surface area contributed by atoms with Crippen LogP contribution in [0.25, 0.3) is 0 Å². The molecule has 0 atom stereocenters. The maximum Gasteiger partial charge on any atom is 0.257 e. The van der Waals surface area contributed by atoms with Crippen LogP contribution in [0.4, 0.5) is 0 Å². The Morgan fingerprint density at radius 2 is 1.64 bits per heavy atom. The van der Waals surface area contributed by atoms with Crippen molar-refractivity contribution in [1.29, 1.82) is 0 Å². The third-order valence-electron chi connectivity index (χ3n) is 4.88. The van der Waals surface area contributed by atoms with Crippen LogP contribution in [0, 0.1) is 0 Å². The molecular weight excluding hydrogens is 350 g/mol. The predicted molar refractivity (Wildman–Crippen MR) is 108 cm³/mol. The van der Waals surface area contributed by atoms with E-state index in [-0.39, 0.29) is 5.91 Å². The number of rotatable bonds is 5. The molecule has 1 fully saturated rings. The van der Waals surface area contributed by atoms with Crippen molar-refractivity contribution in [2.45, 2.75) is 6.54 Å². The minimum absolute atomic E-state index is 0.0209. The van der Waals surface area contributed by atoms with E-state index in [4.69, 9.17) is 4.74 Å². The highest BCUT2D eigenvalue weighted by Crippen LogP contribution is 2.26. The number of para-hydroxylation sites is 2. The minimum atomic E-state index is 0.0209. The normalized spacial score (nSPS) is 14.6. The van der Waals surface area contributed by atoms with E-state index < -0.39 is 0 Å². The second-order valence-corrected chi connectivity index (χ2v) is 6.84. The lowest BCUT2D eigenvalue weighted by Gasteiger charge is -2.35. The van der Waals surface area contributed by atoms with Gasteiger partial charge in [-0.05, 0) is 35.9 Å². The number of carbonyl (C=O) groups excluding carboxylic acids is 1. The van der Waals surface area contributed by atoms with Gasteiger partial charge in [-0.1, -0.05) is 36.4 Å². The molecule has 1 aliphatic rings. The van der Waals surface area contributed by atoms with Gasteiger partial charge in [0, 0.05) is 45.1 Å². The summed E-state index contributed by atoms with van der Waals surface area (Å²) in [5, 5.41) is 0. The van der Waals surface area contributed by atoms with Crippen LogP contribution in [0.2, 0.25) is 0 Å². The van der Waals surface area contributed by atoms with Crippen LogP contribution in [0.15, 0.2) is 79.1 Å². The van der Waals surface area contributed by atoms with Crippen LogP contribution in [0.3, 0.4) is 0 Å². The molecule has 0 bridgehead atoms. The van der Waals surface area contributed by atoms with E-state index in [1.54, 1.807) is 6.20 Å². The highest BCUT2D eigenvalue weighted by Gasteiger charge is 2.24. The van der Waals surface area contributed by atoms with Gasteiger partial charge in [-0.15, -0.1) is 0 Å². The van der Waals surface area contributed by atoms with Gasteiger partial charge in [0.2, 0.25) is 0 Å². The molecular formula is C23H23N3O2. The van der Waals surface area contributed by atoms with Crippen molar-refractivity contribution < 1.29 is 9.53 Å². The average Bonchev–Trinajstić information content (AvgIpc) is 2.76. The third-order valence-corrected chi connectivity index (χ3v) is 4.88. The van der Waals surface area contributed by atoms with Crippen LogP contribution < -0.4 is 4.74 Å². The zero-order valence-corrected chi connectivity index (χ0v) is 15.7. The van der Waals surface area contributed by atoms with Crippen molar-refractivity contribution in [1.82, 2.24) is 14.8 Å². The van der Waals surface area contributed by atoms with Gasteiger partial charge in [0.05, 0.1) is 5.56 Å². The molecule has 0 N–H and O–H groups in total. The fourth-order valence-electron chi connectivity index (χ4n) is 3.38. The second-order valence-electron chi connectivity index (χ2n) is 6.84. The number of pyridine rings is 1. The molecule has 0 saturated carbocycles. The first-order valence-electron chi connectivity index (χ1n) is 9.52. The molecule has 0 radical (unpaired) electrons. The Labute approximate surface area is 165 Å². The van der Waals surface area contributed by atoms with Crippen molar-refractivity contribution in [2.75, 3.05) is 26.2 Å². The third kappa shape index (κ3) is 4.38. The maximum atomic E-state index is 13.1. The Morgan fingerprint density at radius 1 is 0.893 bits per heavy atom. The summed E-state index contributed by atoms with van der Waals surface area (Å²) >= 11 is 0. The van der Waals surface area contributed by atoms with Gasteiger partial charge < -0.3 is 9.64 Å². The number of piperazine rings is 1. The van der Waals surface area contributed by atoms with Gasteiger partial charge in [0.15, 0.2) is 0 Å². The highest BCUT2D eigenvalue weighted by molar-refractivity contribution is 5.97. The Balaban J connectivity index is 1.40. The van der Waals surface area contributed by atoms with Gasteiger partial charge in [-0.25, -0.2) is 0 Å². The van der Waals surface area contributed by atoms with E-state index in [1.807, 2.05) is 71.8 Å². The minimum Gasteiger partial charge on any atom is -0.457 e. The molecule has 142 valence electrons. The standard InChI is InChI=1S/C23H23N3O2/c27-23(21-10-4-5-11-22(21)28-20-8-2-1-3-9-20)26-15-13-25(14-16-26)18-19-7-6-12-24-17-19/h1-12,17H,13-16,18H2. The molecule has 4 rings (SSSR count). The lowest BCUT2D eigenvalue weighted by Crippen LogP contribution is -2.48. The van der Waals surface area contributed by atoms with Gasteiger partial charge in [-0.2, -0.15) is 0 Å². The zero-order valence-electron chi connectivity index (χ0n) is 15.7. The van der Waals surface area contributed by atoms with Crippen LogP contribution in [-0.2, 0) is 6.54 Å². The predicted octanol–water partition coefficient (Wildman–Crippen LogP) is 3.83. The summed E-state index contributed by atoms with van der Waals surface area (Å²) in [7, 11) is 0. The molecule has 3 aromatic rings. The van der Waals surface area contributed by atoms with Crippen LogP contribution in [0.5, 0.6) is 11.5 Å². The Kier molecular flexibility index (Phi) is 5.64. The highest BCUT2D eigenvalue weighted by atomic mass is 16.5. The molecule has 0 spiro atoms. The number of ether oxygens (including phenoxy) is 1. The largest absolute Gasteiger partial charge is 0.457 e. The monoisotopic (exact) mass is 373 g/mol. The van der Waals surface area contributed by atoms with Crippen molar-refractivity contribution >= 4 is 5.91 Å². The first kappa shape index (κ1) is 18.2. The topological polar surface area (TPSA) is 45.7 Å².